The van der Waals surface area contributed by atoms with Crippen molar-refractivity contribution in [3.8, 4) is 11.5 Å². The highest BCUT2D eigenvalue weighted by molar-refractivity contribution is 7.12. The van der Waals surface area contributed by atoms with Gasteiger partial charge in [0.05, 0.1) is 25.1 Å². The van der Waals surface area contributed by atoms with Crippen LogP contribution in [0.5, 0.6) is 11.5 Å². The van der Waals surface area contributed by atoms with E-state index in [4.69, 9.17) is 9.47 Å². The minimum Gasteiger partial charge on any atom is -0.497 e. The van der Waals surface area contributed by atoms with Crippen LogP contribution in [0.25, 0.3) is 0 Å². The van der Waals surface area contributed by atoms with Crippen LogP contribution in [0.4, 0.5) is 0 Å². The van der Waals surface area contributed by atoms with Crippen molar-refractivity contribution in [3.05, 3.63) is 46.2 Å². The second-order valence-corrected chi connectivity index (χ2v) is 7.42. The zero-order valence-electron chi connectivity index (χ0n) is 15.7. The predicted octanol–water partition coefficient (Wildman–Crippen LogP) is 3.25. The highest BCUT2D eigenvalue weighted by Crippen LogP contribution is 2.38. The molecule has 1 aliphatic rings. The van der Waals surface area contributed by atoms with Gasteiger partial charge in [-0.05, 0) is 43.3 Å². The monoisotopic (exact) mass is 388 g/mol. The zero-order valence-corrected chi connectivity index (χ0v) is 16.5. The van der Waals surface area contributed by atoms with Gasteiger partial charge in [-0.2, -0.15) is 0 Å². The Kier molecular flexibility index (Phi) is 6.01. The van der Waals surface area contributed by atoms with E-state index < -0.39 is 6.04 Å². The molecule has 2 unspecified atom stereocenters. The highest BCUT2D eigenvalue weighted by Gasteiger charge is 2.34. The summed E-state index contributed by atoms with van der Waals surface area (Å²) in [6.45, 7) is 2.40. The van der Waals surface area contributed by atoms with E-state index in [1.165, 1.54) is 11.3 Å². The molecule has 1 aliphatic heterocycles. The zero-order chi connectivity index (χ0) is 19.4. The van der Waals surface area contributed by atoms with Gasteiger partial charge in [0.2, 0.25) is 5.91 Å². The standard InChI is InChI=1S/C20H24N2O4S/c1-13(21-19(23)18-7-5-11-27-18)20(24)22-10-4-6-16(22)15-9-8-14(25-2)12-17(15)26-3/h5,7-9,11-13,16H,4,6,10H2,1-3H3,(H,21,23). The molecule has 2 atom stereocenters. The first kappa shape index (κ1) is 19.2. The number of nitrogens with one attached hydrogen (secondary N) is 1. The summed E-state index contributed by atoms with van der Waals surface area (Å²) in [5, 5.41) is 4.65. The second-order valence-electron chi connectivity index (χ2n) is 6.47. The van der Waals surface area contributed by atoms with Crippen molar-refractivity contribution < 1.29 is 19.1 Å². The third kappa shape index (κ3) is 4.08. The number of hydrogen-bond acceptors (Lipinski definition) is 5. The molecule has 0 aliphatic carbocycles. The van der Waals surface area contributed by atoms with E-state index in [0.29, 0.717) is 22.9 Å². The van der Waals surface area contributed by atoms with Gasteiger partial charge in [-0.3, -0.25) is 9.59 Å². The number of nitrogens with zero attached hydrogens (tertiary/aromatic N) is 1. The molecule has 1 fully saturated rings. The number of benzene rings is 1. The van der Waals surface area contributed by atoms with Crippen LogP contribution in [0, 0.1) is 0 Å². The average molecular weight is 388 g/mol. The van der Waals surface area contributed by atoms with E-state index >= 15 is 0 Å². The van der Waals surface area contributed by atoms with Crippen LogP contribution in [0.2, 0.25) is 0 Å². The largest absolute Gasteiger partial charge is 0.497 e. The van der Waals surface area contributed by atoms with Crippen LogP contribution in [-0.2, 0) is 4.79 Å². The van der Waals surface area contributed by atoms with Gasteiger partial charge in [-0.15, -0.1) is 11.3 Å². The molecule has 1 aromatic carbocycles. The fraction of sp³-hybridized carbons (Fsp3) is 0.400. The Bertz CT molecular complexity index is 806. The predicted molar refractivity (Wildman–Crippen MR) is 104 cm³/mol. The third-order valence-corrected chi connectivity index (χ3v) is 5.67. The summed E-state index contributed by atoms with van der Waals surface area (Å²) < 4.78 is 10.8. The first-order valence-corrected chi connectivity index (χ1v) is 9.80. The molecule has 2 amide bonds. The summed E-state index contributed by atoms with van der Waals surface area (Å²) in [7, 11) is 3.22. The number of methoxy groups -OCH3 is 2. The molecule has 0 saturated carbocycles. The summed E-state index contributed by atoms with van der Waals surface area (Å²) in [6.07, 6.45) is 1.78. The van der Waals surface area contributed by atoms with Crippen LogP contribution < -0.4 is 14.8 Å². The SMILES string of the molecule is COc1ccc(C2CCCN2C(=O)C(C)NC(=O)c2cccs2)c(OC)c1. The van der Waals surface area contributed by atoms with Crippen molar-refractivity contribution in [1.82, 2.24) is 10.2 Å². The van der Waals surface area contributed by atoms with Gasteiger partial charge < -0.3 is 19.7 Å². The van der Waals surface area contributed by atoms with E-state index in [9.17, 15) is 9.59 Å². The maximum Gasteiger partial charge on any atom is 0.261 e. The third-order valence-electron chi connectivity index (χ3n) is 4.80. The minimum absolute atomic E-state index is 0.0700. The number of hydrogen-bond donors (Lipinski definition) is 1. The smallest absolute Gasteiger partial charge is 0.261 e. The number of rotatable bonds is 6. The second kappa shape index (κ2) is 8.43. The van der Waals surface area contributed by atoms with Crippen LogP contribution >= 0.6 is 11.3 Å². The van der Waals surface area contributed by atoms with Crippen LogP contribution in [0.1, 0.15) is 41.0 Å². The molecule has 1 saturated heterocycles. The first-order chi connectivity index (χ1) is 13.0. The Morgan fingerprint density at radius 1 is 1.26 bits per heavy atom. The van der Waals surface area contributed by atoms with Gasteiger partial charge in [0, 0.05) is 18.2 Å². The fourth-order valence-electron chi connectivity index (χ4n) is 3.43. The Morgan fingerprint density at radius 2 is 2.07 bits per heavy atom. The Labute approximate surface area is 163 Å². The first-order valence-electron chi connectivity index (χ1n) is 8.92. The van der Waals surface area contributed by atoms with E-state index in [2.05, 4.69) is 5.32 Å². The molecule has 6 nitrogen and oxygen atoms in total. The van der Waals surface area contributed by atoms with Crippen molar-refractivity contribution in [1.29, 1.82) is 0 Å². The molecule has 3 rings (SSSR count). The lowest BCUT2D eigenvalue weighted by molar-refractivity contribution is -0.133. The number of likely N-dealkylation sites (tertiary alicyclic amines) is 1. The fourth-order valence-corrected chi connectivity index (χ4v) is 4.06. The van der Waals surface area contributed by atoms with Crippen molar-refractivity contribution in [2.75, 3.05) is 20.8 Å². The van der Waals surface area contributed by atoms with E-state index in [1.54, 1.807) is 27.2 Å². The lowest BCUT2D eigenvalue weighted by atomic mass is 10.0. The number of amides is 2. The molecule has 7 heteroatoms. The lowest BCUT2D eigenvalue weighted by Crippen LogP contribution is -2.46. The highest BCUT2D eigenvalue weighted by atomic mass is 32.1. The average Bonchev–Trinajstić information content (AvgIpc) is 3.38. The van der Waals surface area contributed by atoms with Gasteiger partial charge >= 0.3 is 0 Å². The summed E-state index contributed by atoms with van der Waals surface area (Å²) >= 11 is 1.36. The quantitative estimate of drug-likeness (QED) is 0.825. The molecule has 144 valence electrons. The van der Waals surface area contributed by atoms with Crippen molar-refractivity contribution >= 4 is 23.2 Å². The molecule has 2 aromatic rings. The molecule has 2 heterocycles. The summed E-state index contributed by atoms with van der Waals surface area (Å²) in [5.74, 6) is 1.11. The molecule has 1 aromatic heterocycles. The number of ether oxygens (including phenoxy) is 2. The number of carbonyl (C=O) groups is 2. The Balaban J connectivity index is 1.75. The van der Waals surface area contributed by atoms with Gasteiger partial charge in [0.15, 0.2) is 0 Å². The molecular formula is C20H24N2O4S. The summed E-state index contributed by atoms with van der Waals surface area (Å²) in [5.41, 5.74) is 0.959. The molecule has 0 bridgehead atoms. The van der Waals surface area contributed by atoms with Crippen molar-refractivity contribution in [2.45, 2.75) is 31.8 Å². The van der Waals surface area contributed by atoms with Crippen molar-refractivity contribution in [3.63, 3.8) is 0 Å². The molecule has 1 N–H and O–H groups in total. The van der Waals surface area contributed by atoms with Gasteiger partial charge in [0.1, 0.15) is 17.5 Å². The Morgan fingerprint density at radius 3 is 2.74 bits per heavy atom. The van der Waals surface area contributed by atoms with Gasteiger partial charge in [-0.25, -0.2) is 0 Å². The normalized spacial score (nSPS) is 17.4. The van der Waals surface area contributed by atoms with E-state index in [0.717, 1.165) is 18.4 Å². The number of carbonyl (C=O) groups excluding carboxylic acids is 2. The van der Waals surface area contributed by atoms with Crippen molar-refractivity contribution in [2.24, 2.45) is 0 Å². The summed E-state index contributed by atoms with van der Waals surface area (Å²) in [4.78, 5) is 27.7. The summed E-state index contributed by atoms with van der Waals surface area (Å²) in [6, 6.07) is 8.56. The minimum atomic E-state index is -0.593. The lowest BCUT2D eigenvalue weighted by Gasteiger charge is -2.29. The van der Waals surface area contributed by atoms with Crippen LogP contribution in [0.15, 0.2) is 35.7 Å². The van der Waals surface area contributed by atoms with Gasteiger partial charge in [0.25, 0.3) is 5.91 Å². The maximum atomic E-state index is 13.0. The molecular weight excluding hydrogens is 364 g/mol. The molecule has 0 spiro atoms. The van der Waals surface area contributed by atoms with E-state index in [1.807, 2.05) is 34.5 Å². The topological polar surface area (TPSA) is 67.9 Å². The van der Waals surface area contributed by atoms with Crippen LogP contribution in [0.3, 0.4) is 0 Å². The van der Waals surface area contributed by atoms with E-state index in [-0.39, 0.29) is 17.9 Å². The maximum absolute atomic E-state index is 13.0. The Hall–Kier alpha value is -2.54. The van der Waals surface area contributed by atoms with Gasteiger partial charge in [-0.1, -0.05) is 6.07 Å². The van der Waals surface area contributed by atoms with Crippen LogP contribution in [-0.4, -0.2) is 43.5 Å². The number of thiophene rings is 1. The molecule has 0 radical (unpaired) electrons. The molecule has 27 heavy (non-hydrogen) atoms.